The molecule has 2 amide bonds. The number of aromatic nitrogens is 2. The summed E-state index contributed by atoms with van der Waals surface area (Å²) in [6.45, 7) is 3.79. The molecule has 0 fully saturated rings. The van der Waals surface area contributed by atoms with Crippen molar-refractivity contribution in [3.05, 3.63) is 58.9 Å². The fourth-order valence-corrected chi connectivity index (χ4v) is 2.95. The van der Waals surface area contributed by atoms with Crippen molar-refractivity contribution in [3.8, 4) is 0 Å². The first-order chi connectivity index (χ1) is 13.4. The summed E-state index contributed by atoms with van der Waals surface area (Å²) < 4.78 is 13.3. The largest absolute Gasteiger partial charge is 0.340 e. The van der Waals surface area contributed by atoms with Gasteiger partial charge in [0.1, 0.15) is 11.9 Å². The number of halogens is 2. The number of H-pyrrole nitrogens is 1. The molecule has 0 radical (unpaired) electrons. The molecule has 1 heterocycles. The van der Waals surface area contributed by atoms with E-state index in [0.29, 0.717) is 12.4 Å². The molecule has 0 aliphatic rings. The van der Waals surface area contributed by atoms with Crippen LogP contribution in [-0.4, -0.2) is 27.8 Å². The summed E-state index contributed by atoms with van der Waals surface area (Å²) in [6, 6.07) is 10.3. The first kappa shape index (κ1) is 19.8. The molecule has 0 aliphatic carbocycles. The van der Waals surface area contributed by atoms with E-state index in [9.17, 15) is 14.0 Å². The van der Waals surface area contributed by atoms with Crippen molar-refractivity contribution < 1.29 is 14.0 Å². The molecule has 0 spiro atoms. The van der Waals surface area contributed by atoms with Crippen LogP contribution in [0.2, 0.25) is 5.02 Å². The highest BCUT2D eigenvalue weighted by molar-refractivity contribution is 6.31. The van der Waals surface area contributed by atoms with Crippen LogP contribution in [0.5, 0.6) is 0 Å². The number of fused-ring (bicyclic) bond motifs is 1. The van der Waals surface area contributed by atoms with Crippen LogP contribution < -0.4 is 10.6 Å². The molecular weight excluding hydrogens is 383 g/mol. The summed E-state index contributed by atoms with van der Waals surface area (Å²) in [4.78, 5) is 32.7. The number of hydrogen-bond donors (Lipinski definition) is 3. The van der Waals surface area contributed by atoms with Gasteiger partial charge in [0.15, 0.2) is 0 Å². The quantitative estimate of drug-likeness (QED) is 0.579. The minimum absolute atomic E-state index is 0.135. The molecule has 0 saturated heterocycles. The summed E-state index contributed by atoms with van der Waals surface area (Å²) in [5.74, 6) is -1.34. The van der Waals surface area contributed by atoms with Crippen molar-refractivity contribution in [2.75, 3.05) is 5.32 Å². The number of amides is 2. The topological polar surface area (TPSA) is 86.9 Å². The molecule has 1 aromatic heterocycles. The second-order valence-electron chi connectivity index (χ2n) is 6.56. The van der Waals surface area contributed by atoms with Gasteiger partial charge in [-0.2, -0.15) is 0 Å². The van der Waals surface area contributed by atoms with Gasteiger partial charge in [0.25, 0.3) is 5.91 Å². The van der Waals surface area contributed by atoms with E-state index >= 15 is 0 Å². The number of benzene rings is 2. The number of nitrogens with one attached hydrogen (secondary N) is 3. The number of carbonyl (C=O) groups excluding carboxylic acids is 2. The fraction of sp³-hybridized carbons (Fsp3) is 0.250. The Balaban J connectivity index is 1.77. The molecule has 3 rings (SSSR count). The minimum Gasteiger partial charge on any atom is -0.340 e. The van der Waals surface area contributed by atoms with Crippen molar-refractivity contribution in [2.24, 2.45) is 5.92 Å². The van der Waals surface area contributed by atoms with Crippen LogP contribution in [0.1, 0.15) is 30.6 Å². The summed E-state index contributed by atoms with van der Waals surface area (Å²) in [7, 11) is 0. The van der Waals surface area contributed by atoms with E-state index in [-0.39, 0.29) is 16.5 Å². The molecule has 2 unspecified atom stereocenters. The van der Waals surface area contributed by atoms with Crippen LogP contribution in [-0.2, 0) is 4.79 Å². The van der Waals surface area contributed by atoms with Crippen LogP contribution in [0.15, 0.2) is 42.5 Å². The van der Waals surface area contributed by atoms with Gasteiger partial charge in [0.2, 0.25) is 11.9 Å². The number of rotatable bonds is 6. The van der Waals surface area contributed by atoms with Gasteiger partial charge in [-0.15, -0.1) is 0 Å². The molecule has 146 valence electrons. The maximum atomic E-state index is 13.3. The van der Waals surface area contributed by atoms with Crippen LogP contribution in [0, 0.1) is 11.7 Å². The van der Waals surface area contributed by atoms with Crippen molar-refractivity contribution in [3.63, 3.8) is 0 Å². The number of aromatic amines is 1. The van der Waals surface area contributed by atoms with Crippen molar-refractivity contribution in [2.45, 2.75) is 26.3 Å². The summed E-state index contributed by atoms with van der Waals surface area (Å²) in [6.07, 6.45) is 0.669. The van der Waals surface area contributed by atoms with Crippen molar-refractivity contribution in [1.29, 1.82) is 0 Å². The summed E-state index contributed by atoms with van der Waals surface area (Å²) in [5, 5.41) is 5.28. The maximum absolute atomic E-state index is 13.3. The highest BCUT2D eigenvalue weighted by Gasteiger charge is 2.27. The highest BCUT2D eigenvalue weighted by atomic mass is 35.5. The number of carbonyl (C=O) groups is 2. The Bertz CT molecular complexity index is 987. The van der Waals surface area contributed by atoms with Gasteiger partial charge in [0, 0.05) is 5.56 Å². The Kier molecular flexibility index (Phi) is 5.94. The lowest BCUT2D eigenvalue weighted by molar-refractivity contribution is -0.119. The van der Waals surface area contributed by atoms with E-state index in [0.717, 1.165) is 17.1 Å². The van der Waals surface area contributed by atoms with Crippen molar-refractivity contribution >= 4 is 40.4 Å². The van der Waals surface area contributed by atoms with Crippen molar-refractivity contribution in [1.82, 2.24) is 15.3 Å². The fourth-order valence-electron chi connectivity index (χ4n) is 2.77. The van der Waals surface area contributed by atoms with E-state index in [4.69, 9.17) is 11.6 Å². The number of imidazole rings is 1. The van der Waals surface area contributed by atoms with Crippen LogP contribution in [0.4, 0.5) is 10.3 Å². The molecule has 28 heavy (non-hydrogen) atoms. The number of anilines is 1. The van der Waals surface area contributed by atoms with Crippen LogP contribution in [0.3, 0.4) is 0 Å². The Morgan fingerprint density at radius 1 is 1.25 bits per heavy atom. The number of nitrogens with zero attached hydrogens (tertiary/aromatic N) is 1. The molecule has 3 N–H and O–H groups in total. The first-order valence-corrected chi connectivity index (χ1v) is 9.28. The third-order valence-electron chi connectivity index (χ3n) is 4.59. The van der Waals surface area contributed by atoms with Gasteiger partial charge in [-0.1, -0.05) is 44.0 Å². The van der Waals surface area contributed by atoms with E-state index in [1.54, 1.807) is 0 Å². The van der Waals surface area contributed by atoms with Gasteiger partial charge >= 0.3 is 0 Å². The van der Waals surface area contributed by atoms with E-state index in [2.05, 4.69) is 20.6 Å². The molecule has 0 saturated carbocycles. The molecule has 0 bridgehead atoms. The Hall–Kier alpha value is -2.93. The zero-order valence-corrected chi connectivity index (χ0v) is 16.2. The van der Waals surface area contributed by atoms with E-state index < -0.39 is 23.7 Å². The molecule has 8 heteroatoms. The van der Waals surface area contributed by atoms with Gasteiger partial charge in [-0.25, -0.2) is 9.37 Å². The third-order valence-corrected chi connectivity index (χ3v) is 4.88. The molecule has 6 nitrogen and oxygen atoms in total. The minimum atomic E-state index is -0.797. The molecule has 2 atom stereocenters. The average molecular weight is 403 g/mol. The summed E-state index contributed by atoms with van der Waals surface area (Å²) >= 11 is 5.75. The average Bonchev–Trinajstić information content (AvgIpc) is 3.09. The summed E-state index contributed by atoms with van der Waals surface area (Å²) in [5.41, 5.74) is 1.70. The van der Waals surface area contributed by atoms with E-state index in [1.165, 1.54) is 12.1 Å². The SMILES string of the molecule is CCC(C)C(NC(=O)c1ccc(F)c(Cl)c1)C(=O)Nc1nc2ccccc2[nH]1. The van der Waals surface area contributed by atoms with E-state index in [1.807, 2.05) is 38.1 Å². The second-order valence-corrected chi connectivity index (χ2v) is 6.96. The predicted molar refractivity (Wildman–Crippen MR) is 107 cm³/mol. The van der Waals surface area contributed by atoms with Gasteiger partial charge in [0.05, 0.1) is 16.1 Å². The van der Waals surface area contributed by atoms with Gasteiger partial charge in [-0.05, 0) is 36.2 Å². The van der Waals surface area contributed by atoms with Crippen LogP contribution >= 0.6 is 11.6 Å². The third kappa shape index (κ3) is 4.31. The second kappa shape index (κ2) is 8.39. The zero-order chi connectivity index (χ0) is 20.3. The lowest BCUT2D eigenvalue weighted by Gasteiger charge is -2.23. The van der Waals surface area contributed by atoms with Gasteiger partial charge < -0.3 is 10.3 Å². The Morgan fingerprint density at radius 2 is 2.00 bits per heavy atom. The zero-order valence-electron chi connectivity index (χ0n) is 15.4. The molecule has 3 aromatic rings. The van der Waals surface area contributed by atoms with Gasteiger partial charge in [-0.3, -0.25) is 14.9 Å². The molecular formula is C20H20ClFN4O2. The number of para-hydroxylation sites is 2. The first-order valence-electron chi connectivity index (χ1n) is 8.90. The molecule has 0 aliphatic heterocycles. The lowest BCUT2D eigenvalue weighted by Crippen LogP contribution is -2.47. The smallest absolute Gasteiger partial charge is 0.251 e. The monoisotopic (exact) mass is 402 g/mol. The highest BCUT2D eigenvalue weighted by Crippen LogP contribution is 2.18. The normalized spacial score (nSPS) is 13.1. The number of hydrogen-bond acceptors (Lipinski definition) is 3. The maximum Gasteiger partial charge on any atom is 0.251 e. The predicted octanol–water partition coefficient (Wildman–Crippen LogP) is 4.14. The van der Waals surface area contributed by atoms with Crippen LogP contribution in [0.25, 0.3) is 11.0 Å². The standard InChI is InChI=1S/C20H20ClFN4O2/c1-3-11(2)17(25-18(27)12-8-9-14(22)13(21)10-12)19(28)26-20-23-15-6-4-5-7-16(15)24-20/h4-11,17H,3H2,1-2H3,(H,25,27)(H2,23,24,26,28). The molecule has 2 aromatic carbocycles. The lowest BCUT2D eigenvalue weighted by atomic mass is 9.98. The Morgan fingerprint density at radius 3 is 2.68 bits per heavy atom. The Labute approximate surface area is 166 Å².